The molecule has 0 radical (unpaired) electrons. The van der Waals surface area contributed by atoms with Gasteiger partial charge in [-0.1, -0.05) is 30.3 Å². The van der Waals surface area contributed by atoms with Gasteiger partial charge in [0.05, 0.1) is 38.4 Å². The van der Waals surface area contributed by atoms with Crippen LogP contribution >= 0.6 is 11.3 Å². The third-order valence-electron chi connectivity index (χ3n) is 4.93. The monoisotopic (exact) mass is 437 g/mol. The van der Waals surface area contributed by atoms with Crippen molar-refractivity contribution in [3.8, 4) is 17.2 Å². The topological polar surface area (TPSA) is 74.6 Å². The van der Waals surface area contributed by atoms with Gasteiger partial charge >= 0.3 is 0 Å². The van der Waals surface area contributed by atoms with Crippen LogP contribution in [-0.2, 0) is 6.54 Å². The zero-order chi connectivity index (χ0) is 22.0. The molecule has 0 unspecified atom stereocenters. The zero-order valence-electron chi connectivity index (χ0n) is 17.8. The Hall–Kier alpha value is -3.52. The van der Waals surface area contributed by atoms with Crippen LogP contribution in [0.5, 0.6) is 17.2 Å². The minimum Gasteiger partial charge on any atom is -0.493 e. The van der Waals surface area contributed by atoms with Crippen LogP contribution in [0.2, 0.25) is 0 Å². The summed E-state index contributed by atoms with van der Waals surface area (Å²) in [6, 6.07) is 15.4. The quantitative estimate of drug-likeness (QED) is 0.452. The van der Waals surface area contributed by atoms with Crippen LogP contribution in [0, 0.1) is 6.92 Å². The van der Waals surface area contributed by atoms with Crippen molar-refractivity contribution in [2.24, 2.45) is 0 Å². The first-order valence-electron chi connectivity index (χ1n) is 9.66. The van der Waals surface area contributed by atoms with E-state index in [0.717, 1.165) is 21.5 Å². The van der Waals surface area contributed by atoms with Crippen molar-refractivity contribution in [2.75, 3.05) is 26.6 Å². The van der Waals surface area contributed by atoms with E-state index in [4.69, 9.17) is 14.2 Å². The Morgan fingerprint density at radius 2 is 1.71 bits per heavy atom. The van der Waals surface area contributed by atoms with Crippen molar-refractivity contribution < 1.29 is 19.0 Å². The van der Waals surface area contributed by atoms with Gasteiger partial charge in [0.25, 0.3) is 5.91 Å². The summed E-state index contributed by atoms with van der Waals surface area (Å²) >= 11 is 1.42. The van der Waals surface area contributed by atoms with E-state index in [1.165, 1.54) is 32.7 Å². The van der Waals surface area contributed by atoms with Crippen LogP contribution in [-0.4, -0.2) is 37.0 Å². The van der Waals surface area contributed by atoms with Crippen LogP contribution in [0.25, 0.3) is 10.2 Å². The number of methoxy groups -OCH3 is 3. The normalized spacial score (nSPS) is 10.8. The first-order chi connectivity index (χ1) is 15.0. The van der Waals surface area contributed by atoms with Gasteiger partial charge in [-0.25, -0.2) is 0 Å². The third-order valence-corrected chi connectivity index (χ3v) is 6.08. The first kappa shape index (κ1) is 20.7. The molecule has 0 aliphatic carbocycles. The second kappa shape index (κ2) is 8.69. The number of thiophene rings is 1. The number of hydrogen-bond donors (Lipinski definition) is 1. The minimum absolute atomic E-state index is 0.207. The highest BCUT2D eigenvalue weighted by molar-refractivity contribution is 7.20. The van der Waals surface area contributed by atoms with Crippen molar-refractivity contribution >= 4 is 33.1 Å². The van der Waals surface area contributed by atoms with Gasteiger partial charge in [0.2, 0.25) is 5.75 Å². The largest absolute Gasteiger partial charge is 0.493 e. The second-order valence-corrected chi connectivity index (χ2v) is 7.96. The van der Waals surface area contributed by atoms with Gasteiger partial charge in [-0.2, -0.15) is 5.10 Å². The number of nitrogens with one attached hydrogen (secondary N) is 1. The number of anilines is 1. The number of ether oxygens (including phenoxy) is 3. The lowest BCUT2D eigenvalue weighted by atomic mass is 10.2. The summed E-state index contributed by atoms with van der Waals surface area (Å²) < 4.78 is 18.0. The van der Waals surface area contributed by atoms with Crippen molar-refractivity contribution in [1.82, 2.24) is 9.78 Å². The highest BCUT2D eigenvalue weighted by atomic mass is 32.1. The average Bonchev–Trinajstić information content (AvgIpc) is 3.35. The second-order valence-electron chi connectivity index (χ2n) is 6.93. The SMILES string of the molecule is COc1cc(NC(=O)c2cc3c(C)nn(Cc4ccccc4)c3s2)cc(OC)c1OC. The highest BCUT2D eigenvalue weighted by Crippen LogP contribution is 2.40. The molecule has 0 spiro atoms. The molecular formula is C23H23N3O4S. The number of benzene rings is 2. The molecule has 4 rings (SSSR count). The van der Waals surface area contributed by atoms with Gasteiger partial charge in [-0.3, -0.25) is 9.48 Å². The number of fused-ring (bicyclic) bond motifs is 1. The average molecular weight is 438 g/mol. The molecule has 0 atom stereocenters. The van der Waals surface area contributed by atoms with Gasteiger partial charge in [0, 0.05) is 23.2 Å². The van der Waals surface area contributed by atoms with Gasteiger partial charge in [0.1, 0.15) is 4.83 Å². The molecule has 0 bridgehead atoms. The lowest BCUT2D eigenvalue weighted by molar-refractivity contribution is 0.103. The van der Waals surface area contributed by atoms with Crippen molar-refractivity contribution in [1.29, 1.82) is 0 Å². The van der Waals surface area contributed by atoms with Crippen LogP contribution in [0.15, 0.2) is 48.5 Å². The number of amides is 1. The van der Waals surface area contributed by atoms with E-state index in [2.05, 4.69) is 22.5 Å². The molecule has 0 fully saturated rings. The molecule has 2 aromatic heterocycles. The minimum atomic E-state index is -0.207. The summed E-state index contributed by atoms with van der Waals surface area (Å²) in [7, 11) is 4.61. The van der Waals surface area contributed by atoms with E-state index < -0.39 is 0 Å². The van der Waals surface area contributed by atoms with E-state index in [1.807, 2.05) is 35.9 Å². The first-order valence-corrected chi connectivity index (χ1v) is 10.5. The Balaban J connectivity index is 1.62. The Bertz CT molecular complexity index is 1210. The molecule has 0 saturated carbocycles. The van der Waals surface area contributed by atoms with Gasteiger partial charge in [-0.05, 0) is 18.6 Å². The van der Waals surface area contributed by atoms with Gasteiger partial charge < -0.3 is 19.5 Å². The van der Waals surface area contributed by atoms with Crippen LogP contribution in [0.3, 0.4) is 0 Å². The Kier molecular flexibility index (Phi) is 5.81. The molecule has 0 aliphatic heterocycles. The summed E-state index contributed by atoms with van der Waals surface area (Å²) in [5.41, 5.74) is 2.61. The molecular weight excluding hydrogens is 414 g/mol. The molecule has 0 saturated heterocycles. The summed E-state index contributed by atoms with van der Waals surface area (Å²) in [5.74, 6) is 1.22. The maximum atomic E-state index is 13.0. The summed E-state index contributed by atoms with van der Waals surface area (Å²) in [5, 5.41) is 8.55. The van der Waals surface area contributed by atoms with Crippen LogP contribution in [0.4, 0.5) is 5.69 Å². The van der Waals surface area contributed by atoms with Crippen molar-refractivity contribution in [2.45, 2.75) is 13.5 Å². The molecule has 1 N–H and O–H groups in total. The zero-order valence-corrected chi connectivity index (χ0v) is 18.6. The Labute approximate surface area is 184 Å². The molecule has 2 heterocycles. The lowest BCUT2D eigenvalue weighted by Crippen LogP contribution is -2.10. The van der Waals surface area contributed by atoms with Crippen molar-refractivity contribution in [3.63, 3.8) is 0 Å². The van der Waals surface area contributed by atoms with Crippen LogP contribution < -0.4 is 19.5 Å². The van der Waals surface area contributed by atoms with E-state index in [1.54, 1.807) is 12.1 Å². The number of aromatic nitrogens is 2. The van der Waals surface area contributed by atoms with Gasteiger partial charge in [0.15, 0.2) is 11.5 Å². The maximum Gasteiger partial charge on any atom is 0.265 e. The summed E-state index contributed by atoms with van der Waals surface area (Å²) in [4.78, 5) is 14.5. The molecule has 1 amide bonds. The smallest absolute Gasteiger partial charge is 0.265 e. The molecule has 31 heavy (non-hydrogen) atoms. The maximum absolute atomic E-state index is 13.0. The molecule has 4 aromatic rings. The number of carbonyl (C=O) groups is 1. The van der Waals surface area contributed by atoms with Crippen LogP contribution in [0.1, 0.15) is 20.9 Å². The number of hydrogen-bond acceptors (Lipinski definition) is 6. The van der Waals surface area contributed by atoms with E-state index in [0.29, 0.717) is 34.4 Å². The molecule has 2 aromatic carbocycles. The third kappa shape index (κ3) is 4.06. The molecule has 8 heteroatoms. The fourth-order valence-electron chi connectivity index (χ4n) is 3.43. The van der Waals surface area contributed by atoms with Crippen molar-refractivity contribution in [3.05, 3.63) is 64.7 Å². The fraction of sp³-hybridized carbons (Fsp3) is 0.217. The number of rotatable bonds is 7. The van der Waals surface area contributed by atoms with E-state index in [9.17, 15) is 4.79 Å². The summed E-state index contributed by atoms with van der Waals surface area (Å²) in [6.45, 7) is 2.61. The number of nitrogens with zero attached hydrogens (tertiary/aromatic N) is 2. The predicted octanol–water partition coefficient (Wildman–Crippen LogP) is 4.73. The standard InChI is InChI=1S/C23H23N3O4S/c1-14-17-12-20(31-23(17)26(25-14)13-15-8-6-5-7-9-15)22(27)24-16-10-18(28-2)21(30-4)19(11-16)29-3/h5-12H,13H2,1-4H3,(H,24,27). The molecule has 160 valence electrons. The number of aryl methyl sites for hydroxylation is 1. The highest BCUT2D eigenvalue weighted by Gasteiger charge is 2.19. The van der Waals surface area contributed by atoms with Gasteiger partial charge in [-0.15, -0.1) is 11.3 Å². The predicted molar refractivity (Wildman–Crippen MR) is 122 cm³/mol. The van der Waals surface area contributed by atoms with E-state index in [-0.39, 0.29) is 5.91 Å². The molecule has 7 nitrogen and oxygen atoms in total. The Morgan fingerprint density at radius 3 is 2.32 bits per heavy atom. The summed E-state index contributed by atoms with van der Waals surface area (Å²) in [6.07, 6.45) is 0. The molecule has 0 aliphatic rings. The fourth-order valence-corrected chi connectivity index (χ4v) is 4.49. The number of carbonyl (C=O) groups excluding carboxylic acids is 1. The Morgan fingerprint density at radius 1 is 1.03 bits per heavy atom. The van der Waals surface area contributed by atoms with E-state index >= 15 is 0 Å². The lowest BCUT2D eigenvalue weighted by Gasteiger charge is -2.14.